The fraction of sp³-hybridized carbons (Fsp3) is 0.0159. The van der Waals surface area contributed by atoms with Gasteiger partial charge < -0.3 is 10.6 Å². The van der Waals surface area contributed by atoms with Gasteiger partial charge in [0.1, 0.15) is 0 Å². The van der Waals surface area contributed by atoms with Crippen LogP contribution in [0.1, 0.15) is 101 Å². The zero-order chi connectivity index (χ0) is 47.6. The quantitative estimate of drug-likeness (QED) is 0.129. The molecule has 0 bridgehead atoms. The van der Waals surface area contributed by atoms with Gasteiger partial charge in [-0.15, -0.1) is 0 Å². The molecule has 71 heavy (non-hydrogen) atoms. The number of carbonyl (C=O) groups is 6. The number of hydrogen-bond donors (Lipinski definition) is 2. The van der Waals surface area contributed by atoms with E-state index in [1.165, 1.54) is 0 Å². The van der Waals surface area contributed by atoms with Crippen molar-refractivity contribution < 1.29 is 28.8 Å². The van der Waals surface area contributed by atoms with E-state index in [1.807, 2.05) is 91.0 Å². The van der Waals surface area contributed by atoms with Crippen molar-refractivity contribution in [3.05, 3.63) is 242 Å². The van der Waals surface area contributed by atoms with Crippen molar-refractivity contribution in [2.75, 3.05) is 10.6 Å². The molecule has 2 N–H and O–H groups in total. The predicted octanol–water partition coefficient (Wildman–Crippen LogP) is 13.1. The molecule has 0 fully saturated rings. The van der Waals surface area contributed by atoms with E-state index >= 15 is 0 Å². The second-order valence-corrected chi connectivity index (χ2v) is 18.7. The SMILES string of the molecule is O=C1c2ccccc2C(=O)c2c(NCc3cc4c5c(ccc6c7ccc8c9c(cc(Nc%10cccc%11c%10C(=O)c%10ccccc%10C%11=O)c(c3c56)c97)-c3ccccc3C8=O)C(=O)c3ccccc3-4)cccc21. The second kappa shape index (κ2) is 14.0. The minimum atomic E-state index is -0.277. The van der Waals surface area contributed by atoms with E-state index in [0.29, 0.717) is 78.3 Å². The Bertz CT molecular complexity index is 4450. The standard InChI is InChI=1S/C63H32N2O6/c66-58-35-13-3-1-11-31(35)45-27-30(29-64-47-21-9-19-41-53(47)62(70)39-17-7-5-15-37(39)60(41)68)50-55-33(23-25-43(58)51(45)55)34-24-26-44-52-46(32-12-2-4-14-36(32)59(44)67)28-49(57(50)56(34)52)65-48-22-10-20-42-54(48)63(71)40-18-8-6-16-38(40)61(42)69/h1-28,64-65H,29H2. The predicted molar refractivity (Wildman–Crippen MR) is 275 cm³/mol. The van der Waals surface area contributed by atoms with E-state index in [-0.39, 0.29) is 46.8 Å². The lowest BCUT2D eigenvalue weighted by Crippen LogP contribution is -2.22. The summed E-state index contributed by atoms with van der Waals surface area (Å²) in [7, 11) is 0. The minimum absolute atomic E-state index is 0.0909. The number of hydrogen-bond acceptors (Lipinski definition) is 8. The van der Waals surface area contributed by atoms with E-state index < -0.39 is 0 Å². The first-order valence-corrected chi connectivity index (χ1v) is 23.5. The summed E-state index contributed by atoms with van der Waals surface area (Å²) in [6.45, 7) is 0.168. The molecule has 15 rings (SSSR count). The maximum absolute atomic E-state index is 14.6. The smallest absolute Gasteiger partial charge is 0.196 e. The first-order chi connectivity index (χ1) is 34.8. The van der Waals surface area contributed by atoms with Gasteiger partial charge in [-0.05, 0) is 85.8 Å². The van der Waals surface area contributed by atoms with Gasteiger partial charge in [0.05, 0.1) is 16.8 Å². The van der Waals surface area contributed by atoms with Crippen LogP contribution >= 0.6 is 0 Å². The van der Waals surface area contributed by atoms with Gasteiger partial charge in [-0.1, -0.05) is 133 Å². The number of benzene rings is 11. The zero-order valence-corrected chi connectivity index (χ0v) is 37.3. The fourth-order valence-corrected chi connectivity index (χ4v) is 12.2. The van der Waals surface area contributed by atoms with Crippen molar-refractivity contribution in [1.82, 2.24) is 0 Å². The second-order valence-electron chi connectivity index (χ2n) is 18.7. The molecule has 4 aliphatic carbocycles. The highest BCUT2D eigenvalue weighted by Gasteiger charge is 2.36. The van der Waals surface area contributed by atoms with Gasteiger partial charge in [-0.3, -0.25) is 28.8 Å². The summed E-state index contributed by atoms with van der Waals surface area (Å²) >= 11 is 0. The normalized spacial score (nSPS) is 13.9. The van der Waals surface area contributed by atoms with Crippen molar-refractivity contribution in [1.29, 1.82) is 0 Å². The zero-order valence-electron chi connectivity index (χ0n) is 37.3. The van der Waals surface area contributed by atoms with Crippen molar-refractivity contribution in [3.8, 4) is 22.3 Å². The molecule has 0 aliphatic heterocycles. The number of ketones is 6. The van der Waals surface area contributed by atoms with E-state index in [4.69, 9.17) is 0 Å². The van der Waals surface area contributed by atoms with E-state index in [2.05, 4.69) is 16.7 Å². The average Bonchev–Trinajstić information content (AvgIpc) is 3.42. The third-order valence-corrected chi connectivity index (χ3v) is 15.2. The molecule has 0 spiro atoms. The summed E-state index contributed by atoms with van der Waals surface area (Å²) in [4.78, 5) is 86.3. The van der Waals surface area contributed by atoms with Crippen LogP contribution in [-0.4, -0.2) is 34.7 Å². The molecule has 330 valence electrons. The van der Waals surface area contributed by atoms with E-state index in [0.717, 1.165) is 70.9 Å². The highest BCUT2D eigenvalue weighted by atomic mass is 16.2. The Morgan fingerprint density at radius 2 is 0.662 bits per heavy atom. The van der Waals surface area contributed by atoms with Crippen LogP contribution in [0.5, 0.6) is 0 Å². The molecule has 0 heterocycles. The molecule has 11 aromatic carbocycles. The maximum Gasteiger partial charge on any atom is 0.196 e. The summed E-state index contributed by atoms with van der Waals surface area (Å²) in [5.74, 6) is -1.18. The van der Waals surface area contributed by atoms with Gasteiger partial charge in [0.25, 0.3) is 0 Å². The van der Waals surface area contributed by atoms with Crippen LogP contribution in [0.25, 0.3) is 65.3 Å². The Kier molecular flexibility index (Phi) is 7.74. The topological polar surface area (TPSA) is 126 Å². The highest BCUT2D eigenvalue weighted by Crippen LogP contribution is 2.54. The lowest BCUT2D eigenvalue weighted by Gasteiger charge is -2.29. The van der Waals surface area contributed by atoms with Gasteiger partial charge in [-0.25, -0.2) is 0 Å². The highest BCUT2D eigenvalue weighted by molar-refractivity contribution is 6.44. The third-order valence-electron chi connectivity index (χ3n) is 15.2. The van der Waals surface area contributed by atoms with Crippen molar-refractivity contribution in [3.63, 3.8) is 0 Å². The van der Waals surface area contributed by atoms with Crippen LogP contribution < -0.4 is 10.6 Å². The Balaban J connectivity index is 1.06. The monoisotopic (exact) mass is 912 g/mol. The molecule has 4 aliphatic rings. The van der Waals surface area contributed by atoms with Crippen LogP contribution in [0.2, 0.25) is 0 Å². The molecule has 0 saturated carbocycles. The third kappa shape index (κ3) is 5.07. The lowest BCUT2D eigenvalue weighted by atomic mass is 9.75. The summed E-state index contributed by atoms with van der Waals surface area (Å²) in [6, 6.07) is 51.5. The maximum atomic E-state index is 14.6. The molecule has 0 atom stereocenters. The molecular formula is C63H32N2O6. The van der Waals surface area contributed by atoms with Crippen molar-refractivity contribution in [2.24, 2.45) is 0 Å². The minimum Gasteiger partial charge on any atom is -0.380 e. The largest absolute Gasteiger partial charge is 0.380 e. The van der Waals surface area contributed by atoms with Crippen LogP contribution in [0.4, 0.5) is 17.1 Å². The van der Waals surface area contributed by atoms with Gasteiger partial charge in [0.15, 0.2) is 34.7 Å². The molecule has 0 unspecified atom stereocenters. The first-order valence-electron chi connectivity index (χ1n) is 23.5. The van der Waals surface area contributed by atoms with Crippen molar-refractivity contribution in [2.45, 2.75) is 6.54 Å². The van der Waals surface area contributed by atoms with Gasteiger partial charge in [0.2, 0.25) is 0 Å². The Morgan fingerprint density at radius 1 is 0.268 bits per heavy atom. The Hall–Kier alpha value is -9.66. The fourth-order valence-electron chi connectivity index (χ4n) is 12.2. The number of rotatable bonds is 5. The van der Waals surface area contributed by atoms with Crippen molar-refractivity contribution >= 4 is 94.9 Å². The Labute approximate surface area is 403 Å². The molecule has 0 amide bonds. The van der Waals surface area contributed by atoms with Crippen LogP contribution in [0.15, 0.2) is 170 Å². The summed E-state index contributed by atoms with van der Waals surface area (Å²) in [5, 5.41) is 13.9. The number of nitrogens with one attached hydrogen (secondary N) is 2. The first kappa shape index (κ1) is 39.3. The molecule has 8 nitrogen and oxygen atoms in total. The number of carbonyl (C=O) groups excluding carboxylic acids is 6. The molecule has 0 radical (unpaired) electrons. The lowest BCUT2D eigenvalue weighted by molar-refractivity contribution is 0.0979. The molecule has 11 aromatic rings. The summed E-state index contributed by atoms with van der Waals surface area (Å²) in [6.07, 6.45) is 0. The summed E-state index contributed by atoms with van der Waals surface area (Å²) in [5.41, 5.74) is 10.4. The number of fused-ring (bicyclic) bond motifs is 10. The van der Waals surface area contributed by atoms with Crippen LogP contribution in [-0.2, 0) is 6.54 Å². The van der Waals surface area contributed by atoms with Gasteiger partial charge in [-0.2, -0.15) is 0 Å². The average molecular weight is 913 g/mol. The number of anilines is 3. The van der Waals surface area contributed by atoms with E-state index in [1.54, 1.807) is 72.8 Å². The van der Waals surface area contributed by atoms with Gasteiger partial charge in [0, 0.05) is 95.1 Å². The molecule has 0 saturated heterocycles. The van der Waals surface area contributed by atoms with Gasteiger partial charge >= 0.3 is 0 Å². The van der Waals surface area contributed by atoms with Crippen LogP contribution in [0, 0.1) is 0 Å². The molecular weight excluding hydrogens is 881 g/mol. The summed E-state index contributed by atoms with van der Waals surface area (Å²) < 4.78 is 0. The van der Waals surface area contributed by atoms with Crippen LogP contribution in [0.3, 0.4) is 0 Å². The molecule has 0 aromatic heterocycles. The molecule has 8 heteroatoms. The Morgan fingerprint density at radius 3 is 1.18 bits per heavy atom. The van der Waals surface area contributed by atoms with E-state index in [9.17, 15) is 28.8 Å².